The van der Waals surface area contributed by atoms with E-state index in [1.54, 1.807) is 11.8 Å². The smallest absolute Gasteiger partial charge is 0.248 e. The lowest BCUT2D eigenvalue weighted by Crippen LogP contribution is -2.14. The van der Waals surface area contributed by atoms with Gasteiger partial charge in [-0.15, -0.1) is 0 Å². The maximum absolute atomic E-state index is 10.8. The molecule has 0 amide bonds. The summed E-state index contributed by atoms with van der Waals surface area (Å²) < 4.78 is 30.8. The van der Waals surface area contributed by atoms with Gasteiger partial charge in [0.1, 0.15) is 0 Å². The first-order valence-corrected chi connectivity index (χ1v) is 6.31. The lowest BCUT2D eigenvalue weighted by molar-refractivity contribution is 0.215. The molecule has 0 bridgehead atoms. The van der Waals surface area contributed by atoms with Gasteiger partial charge in [0.15, 0.2) is 0 Å². The summed E-state index contributed by atoms with van der Waals surface area (Å²) in [6, 6.07) is 0. The average molecular weight is 212 g/mol. The van der Waals surface area contributed by atoms with E-state index in [1.165, 1.54) is 0 Å². The summed E-state index contributed by atoms with van der Waals surface area (Å²) in [6.45, 7) is 0.463. The molecular weight excluding hydrogens is 200 g/mol. The van der Waals surface area contributed by atoms with Crippen molar-refractivity contribution < 1.29 is 16.8 Å². The monoisotopic (exact) mass is 212 g/mol. The molecule has 0 aromatic rings. The zero-order valence-corrected chi connectivity index (χ0v) is 8.33. The SMILES string of the molecule is O=S1(=O)OCCCSCCCO1. The Hall–Kier alpha value is 0.220. The van der Waals surface area contributed by atoms with Crippen molar-refractivity contribution in [3.8, 4) is 0 Å². The second-order valence-electron chi connectivity index (χ2n) is 2.37. The first kappa shape index (κ1) is 10.3. The van der Waals surface area contributed by atoms with Crippen LogP contribution in [0, 0.1) is 0 Å². The summed E-state index contributed by atoms with van der Waals surface area (Å²) in [5.41, 5.74) is 0. The number of thioether (sulfide) groups is 1. The summed E-state index contributed by atoms with van der Waals surface area (Å²) in [5, 5.41) is 0. The van der Waals surface area contributed by atoms with Gasteiger partial charge in [-0.1, -0.05) is 0 Å². The zero-order valence-electron chi connectivity index (χ0n) is 6.69. The van der Waals surface area contributed by atoms with Crippen LogP contribution >= 0.6 is 11.8 Å². The van der Waals surface area contributed by atoms with Crippen LogP contribution < -0.4 is 0 Å². The standard InChI is InChI=1S/C6H12O4S2/c7-12(8)9-3-1-5-11-6-2-4-10-12/h1-6H2. The van der Waals surface area contributed by atoms with Gasteiger partial charge in [0.25, 0.3) is 0 Å². The third-order valence-electron chi connectivity index (χ3n) is 1.32. The maximum atomic E-state index is 10.8. The number of rotatable bonds is 0. The van der Waals surface area contributed by atoms with E-state index in [1.807, 2.05) is 0 Å². The minimum absolute atomic E-state index is 0.231. The molecule has 0 unspecified atom stereocenters. The van der Waals surface area contributed by atoms with Crippen molar-refractivity contribution in [3.63, 3.8) is 0 Å². The minimum atomic E-state index is -3.69. The normalized spacial score (nSPS) is 26.3. The van der Waals surface area contributed by atoms with E-state index in [-0.39, 0.29) is 13.2 Å². The summed E-state index contributed by atoms with van der Waals surface area (Å²) in [7, 11) is -3.69. The molecule has 1 aliphatic rings. The summed E-state index contributed by atoms with van der Waals surface area (Å²) in [6.07, 6.45) is 1.51. The van der Waals surface area contributed by atoms with Gasteiger partial charge in [0, 0.05) is 0 Å². The Morgan fingerprint density at radius 2 is 1.50 bits per heavy atom. The lowest BCUT2D eigenvalue weighted by atomic mass is 10.5. The highest BCUT2D eigenvalue weighted by Gasteiger charge is 2.12. The number of hydrogen-bond donors (Lipinski definition) is 0. The molecule has 12 heavy (non-hydrogen) atoms. The third kappa shape index (κ3) is 4.30. The van der Waals surface area contributed by atoms with Gasteiger partial charge in [0.2, 0.25) is 0 Å². The maximum Gasteiger partial charge on any atom is 0.399 e. The molecule has 0 atom stereocenters. The molecule has 0 aromatic carbocycles. The Morgan fingerprint density at radius 3 is 2.00 bits per heavy atom. The van der Waals surface area contributed by atoms with Crippen molar-refractivity contribution >= 4 is 22.2 Å². The molecule has 72 valence electrons. The molecule has 0 N–H and O–H groups in total. The highest BCUT2D eigenvalue weighted by Crippen LogP contribution is 2.09. The zero-order chi connectivity index (χ0) is 8.86. The fraction of sp³-hybridized carbons (Fsp3) is 1.00. The summed E-state index contributed by atoms with van der Waals surface area (Å²) in [4.78, 5) is 0. The largest absolute Gasteiger partial charge is 0.399 e. The molecular formula is C6H12O4S2. The van der Waals surface area contributed by atoms with E-state index in [9.17, 15) is 8.42 Å². The van der Waals surface area contributed by atoms with Crippen molar-refractivity contribution in [3.05, 3.63) is 0 Å². The predicted molar refractivity (Wildman–Crippen MR) is 47.4 cm³/mol. The Balaban J connectivity index is 2.38. The molecule has 0 saturated carbocycles. The van der Waals surface area contributed by atoms with Crippen LogP contribution in [-0.2, 0) is 18.8 Å². The van der Waals surface area contributed by atoms with Crippen molar-refractivity contribution in [1.29, 1.82) is 0 Å². The van der Waals surface area contributed by atoms with Gasteiger partial charge in [-0.3, -0.25) is 0 Å². The van der Waals surface area contributed by atoms with E-state index in [2.05, 4.69) is 8.37 Å². The fourth-order valence-electron chi connectivity index (χ4n) is 0.780. The summed E-state index contributed by atoms with van der Waals surface area (Å²) >= 11 is 1.80. The number of hydrogen-bond acceptors (Lipinski definition) is 5. The van der Waals surface area contributed by atoms with E-state index in [0.717, 1.165) is 24.3 Å². The van der Waals surface area contributed by atoms with Gasteiger partial charge in [-0.05, 0) is 24.3 Å². The average Bonchev–Trinajstić information content (AvgIpc) is 2.02. The Morgan fingerprint density at radius 1 is 1.00 bits per heavy atom. The first-order chi connectivity index (χ1) is 5.71. The second kappa shape index (κ2) is 5.06. The van der Waals surface area contributed by atoms with E-state index in [4.69, 9.17) is 0 Å². The van der Waals surface area contributed by atoms with Crippen LogP contribution in [0.3, 0.4) is 0 Å². The molecule has 1 rings (SSSR count). The van der Waals surface area contributed by atoms with Crippen molar-refractivity contribution in [2.75, 3.05) is 24.7 Å². The Bertz CT molecular complexity index is 196. The van der Waals surface area contributed by atoms with Crippen LogP contribution in [0.15, 0.2) is 0 Å². The van der Waals surface area contributed by atoms with Crippen molar-refractivity contribution in [2.45, 2.75) is 12.8 Å². The second-order valence-corrected chi connectivity index (χ2v) is 4.88. The molecule has 0 aromatic heterocycles. The van der Waals surface area contributed by atoms with Crippen LogP contribution in [0.5, 0.6) is 0 Å². The van der Waals surface area contributed by atoms with Crippen LogP contribution in [0.1, 0.15) is 12.8 Å². The summed E-state index contributed by atoms with van der Waals surface area (Å²) in [5.74, 6) is 1.91. The van der Waals surface area contributed by atoms with Crippen LogP contribution in [0.2, 0.25) is 0 Å². The van der Waals surface area contributed by atoms with Gasteiger partial charge >= 0.3 is 10.4 Å². The first-order valence-electron chi connectivity index (χ1n) is 3.82. The fourth-order valence-corrected chi connectivity index (χ4v) is 2.34. The molecule has 0 radical (unpaired) electrons. The Kier molecular flexibility index (Phi) is 4.34. The van der Waals surface area contributed by atoms with Crippen molar-refractivity contribution in [1.82, 2.24) is 0 Å². The van der Waals surface area contributed by atoms with E-state index in [0.29, 0.717) is 0 Å². The molecule has 0 aliphatic carbocycles. The van der Waals surface area contributed by atoms with E-state index < -0.39 is 10.4 Å². The van der Waals surface area contributed by atoms with Crippen LogP contribution in [-0.4, -0.2) is 33.1 Å². The highest BCUT2D eigenvalue weighted by atomic mass is 32.3. The lowest BCUT2D eigenvalue weighted by Gasteiger charge is -2.08. The van der Waals surface area contributed by atoms with Crippen LogP contribution in [0.25, 0.3) is 0 Å². The quantitative estimate of drug-likeness (QED) is 0.594. The minimum Gasteiger partial charge on any atom is -0.248 e. The molecule has 1 heterocycles. The molecule has 4 nitrogen and oxygen atoms in total. The molecule has 0 spiro atoms. The van der Waals surface area contributed by atoms with Gasteiger partial charge in [0.05, 0.1) is 13.2 Å². The predicted octanol–water partition coefficient (Wildman–Crippen LogP) is 0.791. The van der Waals surface area contributed by atoms with Crippen LogP contribution in [0.4, 0.5) is 0 Å². The Labute approximate surface area is 77.0 Å². The van der Waals surface area contributed by atoms with Crippen molar-refractivity contribution in [2.24, 2.45) is 0 Å². The highest BCUT2D eigenvalue weighted by molar-refractivity contribution is 7.99. The van der Waals surface area contributed by atoms with E-state index >= 15 is 0 Å². The molecule has 1 fully saturated rings. The topological polar surface area (TPSA) is 52.6 Å². The van der Waals surface area contributed by atoms with Gasteiger partial charge in [-0.2, -0.15) is 20.2 Å². The molecule has 6 heteroatoms. The van der Waals surface area contributed by atoms with Gasteiger partial charge < -0.3 is 0 Å². The molecule has 1 aliphatic heterocycles. The van der Waals surface area contributed by atoms with Gasteiger partial charge in [-0.25, -0.2) is 8.37 Å². The molecule has 1 saturated heterocycles. The third-order valence-corrected chi connectivity index (χ3v) is 3.39.